The molecular formula is C25H28FN7O2. The van der Waals surface area contributed by atoms with E-state index in [1.807, 2.05) is 0 Å². The Morgan fingerprint density at radius 3 is 2.77 bits per heavy atom. The predicted molar refractivity (Wildman–Crippen MR) is 127 cm³/mol. The number of aromatic nitrogens is 3. The van der Waals surface area contributed by atoms with Gasteiger partial charge in [0.05, 0.1) is 24.8 Å². The van der Waals surface area contributed by atoms with Gasteiger partial charge in [-0.2, -0.15) is 5.10 Å². The van der Waals surface area contributed by atoms with E-state index in [1.54, 1.807) is 4.68 Å². The lowest BCUT2D eigenvalue weighted by atomic mass is 9.69. The van der Waals surface area contributed by atoms with Crippen molar-refractivity contribution in [2.24, 2.45) is 4.99 Å². The quantitative estimate of drug-likeness (QED) is 0.611. The molecule has 3 aliphatic heterocycles. The van der Waals surface area contributed by atoms with Crippen LogP contribution in [0.15, 0.2) is 58.5 Å². The summed E-state index contributed by atoms with van der Waals surface area (Å²) < 4.78 is 16.5. The first kappa shape index (κ1) is 22.3. The molecule has 1 saturated heterocycles. The number of aliphatic hydroxyl groups is 1. The normalized spacial score (nSPS) is 24.5. The minimum atomic E-state index is -0.329. The molecule has 182 valence electrons. The highest BCUT2D eigenvalue weighted by Crippen LogP contribution is 2.47. The number of nitrogens with one attached hydrogen (secondary N) is 1. The molecule has 9 nitrogen and oxygen atoms in total. The molecule has 0 bridgehead atoms. The first-order chi connectivity index (χ1) is 17.1. The molecule has 1 aromatic heterocycles. The van der Waals surface area contributed by atoms with Gasteiger partial charge in [0.2, 0.25) is 0 Å². The molecule has 2 unspecified atom stereocenters. The van der Waals surface area contributed by atoms with Crippen LogP contribution in [-0.2, 0) is 17.9 Å². The standard InChI is InChI=1S/C25H28FN7O2/c26-33-21-11-19(35)13-27-24-22(21)18(12-29-33)10-20(23(24)25-28-15-30-32(25)8-9-34)17-4-2-16(3-5-17)14-31-6-1-7-31/h2-5,11,15,20,23,29,34H,1,6-10,12-14H2. The largest absolute Gasteiger partial charge is 0.394 e. The van der Waals surface area contributed by atoms with Crippen LogP contribution in [0.2, 0.25) is 0 Å². The maximum atomic E-state index is 14.8. The van der Waals surface area contributed by atoms with Crippen LogP contribution in [-0.4, -0.2) is 74.3 Å². The van der Waals surface area contributed by atoms with Crippen molar-refractivity contribution in [3.63, 3.8) is 0 Å². The second-order valence-corrected chi connectivity index (χ2v) is 9.52. The van der Waals surface area contributed by atoms with Gasteiger partial charge in [-0.3, -0.25) is 14.7 Å². The summed E-state index contributed by atoms with van der Waals surface area (Å²) in [5.41, 5.74) is 7.73. The second-order valence-electron chi connectivity index (χ2n) is 9.52. The SMILES string of the molecule is O=C1C=C2C3=C(CNN2F)CC(c2ccc(CN4CCC4)cc2)C(c2ncnn2CCO)C3=NC1. The molecule has 6 rings (SSSR count). The number of rotatable bonds is 6. The first-order valence-electron chi connectivity index (χ1n) is 12.1. The smallest absolute Gasteiger partial charge is 0.179 e. The predicted octanol–water partition coefficient (Wildman–Crippen LogP) is 1.66. The number of carbonyl (C=O) groups is 1. The van der Waals surface area contributed by atoms with Gasteiger partial charge in [-0.25, -0.2) is 15.1 Å². The number of hydrogen-bond acceptors (Lipinski definition) is 8. The zero-order valence-electron chi connectivity index (χ0n) is 19.4. The molecular weight excluding hydrogens is 449 g/mol. The van der Waals surface area contributed by atoms with E-state index in [2.05, 4.69) is 44.7 Å². The number of aliphatic hydroxyl groups excluding tert-OH is 1. The van der Waals surface area contributed by atoms with E-state index >= 15 is 0 Å². The summed E-state index contributed by atoms with van der Waals surface area (Å²) >= 11 is 0. The Labute approximate surface area is 202 Å². The summed E-state index contributed by atoms with van der Waals surface area (Å²) in [5.74, 6) is 0.0682. The maximum Gasteiger partial charge on any atom is 0.179 e. The van der Waals surface area contributed by atoms with Crippen molar-refractivity contribution in [2.45, 2.75) is 37.8 Å². The van der Waals surface area contributed by atoms with Gasteiger partial charge in [0.1, 0.15) is 24.4 Å². The highest BCUT2D eigenvalue weighted by molar-refractivity contribution is 6.13. The molecule has 4 heterocycles. The van der Waals surface area contributed by atoms with Crippen molar-refractivity contribution < 1.29 is 14.4 Å². The first-order valence-corrected chi connectivity index (χ1v) is 12.1. The summed E-state index contributed by atoms with van der Waals surface area (Å²) in [7, 11) is 0. The highest BCUT2D eigenvalue weighted by Gasteiger charge is 2.44. The Hall–Kier alpha value is -3.21. The van der Waals surface area contributed by atoms with Crippen molar-refractivity contribution in [1.82, 2.24) is 30.3 Å². The van der Waals surface area contributed by atoms with Crippen molar-refractivity contribution >= 4 is 11.5 Å². The number of halogens is 1. The van der Waals surface area contributed by atoms with Crippen molar-refractivity contribution in [3.8, 4) is 0 Å². The Morgan fingerprint density at radius 2 is 2.03 bits per heavy atom. The van der Waals surface area contributed by atoms with Crippen LogP contribution in [0, 0.1) is 0 Å². The van der Waals surface area contributed by atoms with Crippen LogP contribution < -0.4 is 5.43 Å². The average molecular weight is 478 g/mol. The fourth-order valence-corrected chi connectivity index (χ4v) is 5.56. The van der Waals surface area contributed by atoms with E-state index in [4.69, 9.17) is 4.99 Å². The molecule has 2 aromatic rings. The Kier molecular flexibility index (Phi) is 5.79. The molecule has 0 spiro atoms. The third kappa shape index (κ3) is 4.01. The highest BCUT2D eigenvalue weighted by atomic mass is 19.2. The average Bonchev–Trinajstić information content (AvgIpc) is 3.21. The molecule has 0 radical (unpaired) electrons. The second kappa shape index (κ2) is 9.10. The fourth-order valence-electron chi connectivity index (χ4n) is 5.56. The lowest BCUT2D eigenvalue weighted by Crippen LogP contribution is -2.43. The van der Waals surface area contributed by atoms with E-state index in [0.29, 0.717) is 41.9 Å². The minimum Gasteiger partial charge on any atom is -0.394 e. The topological polar surface area (TPSA) is 98.9 Å². The molecule has 0 amide bonds. The maximum absolute atomic E-state index is 14.8. The van der Waals surface area contributed by atoms with Crippen LogP contribution in [0.4, 0.5) is 4.48 Å². The molecule has 2 atom stereocenters. The van der Waals surface area contributed by atoms with Gasteiger partial charge in [-0.05, 0) is 42.6 Å². The number of likely N-dealkylation sites (tertiary alicyclic amines) is 1. The van der Waals surface area contributed by atoms with Crippen LogP contribution in [0.1, 0.15) is 41.6 Å². The number of carbonyl (C=O) groups excluding carboxylic acids is 1. The lowest BCUT2D eigenvalue weighted by molar-refractivity contribution is -0.113. The number of nitrogens with zero attached hydrogens (tertiary/aromatic N) is 6. The summed E-state index contributed by atoms with van der Waals surface area (Å²) in [6.45, 7) is 3.77. The van der Waals surface area contributed by atoms with Crippen molar-refractivity contribution in [2.75, 3.05) is 32.8 Å². The van der Waals surface area contributed by atoms with E-state index in [-0.39, 0.29) is 36.5 Å². The molecule has 1 aromatic carbocycles. The monoisotopic (exact) mass is 477 g/mol. The van der Waals surface area contributed by atoms with Crippen LogP contribution in [0.3, 0.4) is 0 Å². The number of allylic oxidation sites excluding steroid dienone is 1. The Balaban J connectivity index is 1.45. The zero-order valence-corrected chi connectivity index (χ0v) is 19.4. The van der Waals surface area contributed by atoms with E-state index < -0.39 is 0 Å². The van der Waals surface area contributed by atoms with Crippen molar-refractivity contribution in [3.05, 3.63) is 70.5 Å². The van der Waals surface area contributed by atoms with Crippen LogP contribution in [0.5, 0.6) is 0 Å². The van der Waals surface area contributed by atoms with Gasteiger partial charge in [0, 0.05) is 30.7 Å². The van der Waals surface area contributed by atoms with Gasteiger partial charge in [0.15, 0.2) is 5.78 Å². The van der Waals surface area contributed by atoms with Crippen LogP contribution >= 0.6 is 0 Å². The number of hydrazine groups is 1. The van der Waals surface area contributed by atoms with Gasteiger partial charge in [-0.15, -0.1) is 5.23 Å². The Morgan fingerprint density at radius 1 is 1.20 bits per heavy atom. The molecule has 10 heteroatoms. The van der Waals surface area contributed by atoms with Crippen molar-refractivity contribution in [1.29, 1.82) is 0 Å². The molecule has 2 N–H and O–H groups in total. The number of hydrogen-bond donors (Lipinski definition) is 2. The summed E-state index contributed by atoms with van der Waals surface area (Å²) in [5, 5.41) is 14.4. The van der Waals surface area contributed by atoms with E-state index in [1.165, 1.54) is 24.4 Å². The summed E-state index contributed by atoms with van der Waals surface area (Å²) in [6.07, 6.45) is 4.74. The molecule has 1 fully saturated rings. The van der Waals surface area contributed by atoms with Gasteiger partial charge < -0.3 is 5.11 Å². The van der Waals surface area contributed by atoms with E-state index in [9.17, 15) is 14.4 Å². The van der Waals surface area contributed by atoms with E-state index in [0.717, 1.165) is 30.8 Å². The third-order valence-electron chi connectivity index (χ3n) is 7.37. The molecule has 4 aliphatic rings. The van der Waals surface area contributed by atoms with Gasteiger partial charge in [0.25, 0.3) is 0 Å². The zero-order chi connectivity index (χ0) is 23.9. The fraction of sp³-hybridized carbons (Fsp3) is 0.440. The summed E-state index contributed by atoms with van der Waals surface area (Å²) in [6, 6.07) is 8.70. The lowest BCUT2D eigenvalue weighted by Gasteiger charge is -2.39. The molecule has 1 aliphatic carbocycles. The van der Waals surface area contributed by atoms with Gasteiger partial charge >= 0.3 is 0 Å². The molecule has 0 saturated carbocycles. The molecule has 35 heavy (non-hydrogen) atoms. The Bertz CT molecular complexity index is 1230. The number of ketones is 1. The minimum absolute atomic E-state index is 0.0189. The number of benzene rings is 1. The van der Waals surface area contributed by atoms with Gasteiger partial charge in [-0.1, -0.05) is 28.7 Å². The number of aliphatic imine (C=N–C) groups is 1. The van der Waals surface area contributed by atoms with Crippen LogP contribution in [0.25, 0.3) is 0 Å². The summed E-state index contributed by atoms with van der Waals surface area (Å²) in [4.78, 5) is 24.2. The third-order valence-corrected chi connectivity index (χ3v) is 7.37.